The van der Waals surface area contributed by atoms with Crippen molar-refractivity contribution in [3.05, 3.63) is 22.6 Å². The molecule has 3 rings (SSSR count). The molecule has 0 radical (unpaired) electrons. The molecular formula is C15H22N4O2S. The van der Waals surface area contributed by atoms with Crippen LogP contribution in [0.15, 0.2) is 17.1 Å². The molecule has 0 saturated carbocycles. The molecule has 1 saturated heterocycles. The van der Waals surface area contributed by atoms with Gasteiger partial charge in [-0.25, -0.2) is 4.98 Å². The monoisotopic (exact) mass is 322 g/mol. The van der Waals surface area contributed by atoms with E-state index in [4.69, 9.17) is 4.74 Å². The van der Waals surface area contributed by atoms with Gasteiger partial charge in [0.25, 0.3) is 5.56 Å². The Hall–Kier alpha value is -1.47. The van der Waals surface area contributed by atoms with Crippen LogP contribution in [0.3, 0.4) is 0 Å². The zero-order valence-electron chi connectivity index (χ0n) is 13.2. The summed E-state index contributed by atoms with van der Waals surface area (Å²) >= 11 is 1.40. The highest BCUT2D eigenvalue weighted by Crippen LogP contribution is 2.34. The highest BCUT2D eigenvalue weighted by molar-refractivity contribution is 7.20. The number of hydrogen-bond donors (Lipinski definition) is 1. The van der Waals surface area contributed by atoms with E-state index in [0.29, 0.717) is 10.9 Å². The van der Waals surface area contributed by atoms with E-state index in [9.17, 15) is 4.79 Å². The summed E-state index contributed by atoms with van der Waals surface area (Å²) in [6, 6.07) is 1.42. The van der Waals surface area contributed by atoms with Crippen molar-refractivity contribution in [2.24, 2.45) is 11.3 Å². The van der Waals surface area contributed by atoms with Gasteiger partial charge < -0.3 is 10.1 Å². The Balaban J connectivity index is 1.72. The minimum Gasteiger partial charge on any atom is -0.377 e. The number of hydrogen-bond acceptors (Lipinski definition) is 6. The summed E-state index contributed by atoms with van der Waals surface area (Å²) in [5, 5.41) is 8.38. The second-order valence-corrected chi connectivity index (χ2v) is 7.78. The first-order chi connectivity index (χ1) is 10.4. The smallest absolute Gasteiger partial charge is 0.275 e. The number of anilines is 1. The third kappa shape index (κ3) is 3.15. The number of aromatic nitrogens is 3. The molecule has 0 spiro atoms. The predicted molar refractivity (Wildman–Crippen MR) is 87.5 cm³/mol. The third-order valence-corrected chi connectivity index (χ3v) is 4.86. The number of fused-ring (bicyclic) bond motifs is 1. The van der Waals surface area contributed by atoms with E-state index < -0.39 is 0 Å². The van der Waals surface area contributed by atoms with E-state index in [0.717, 1.165) is 31.1 Å². The lowest BCUT2D eigenvalue weighted by molar-refractivity contribution is -0.0814. The van der Waals surface area contributed by atoms with Crippen molar-refractivity contribution < 1.29 is 4.74 Å². The molecule has 1 aliphatic heterocycles. The third-order valence-electron chi connectivity index (χ3n) is 3.98. The average molecular weight is 322 g/mol. The predicted octanol–water partition coefficient (Wildman–Crippen LogP) is 2.40. The van der Waals surface area contributed by atoms with Gasteiger partial charge in [0.05, 0.1) is 6.10 Å². The van der Waals surface area contributed by atoms with Gasteiger partial charge in [0, 0.05) is 31.3 Å². The number of nitrogens with zero attached hydrogens (tertiary/aromatic N) is 3. The molecule has 7 heteroatoms. The Morgan fingerprint density at radius 2 is 2.32 bits per heavy atom. The van der Waals surface area contributed by atoms with Crippen molar-refractivity contribution >= 4 is 21.4 Å². The first-order valence-electron chi connectivity index (χ1n) is 7.65. The topological polar surface area (TPSA) is 68.5 Å². The van der Waals surface area contributed by atoms with Gasteiger partial charge in [-0.2, -0.15) is 4.52 Å². The Morgan fingerprint density at radius 3 is 3.05 bits per heavy atom. The maximum Gasteiger partial charge on any atom is 0.275 e. The molecule has 22 heavy (non-hydrogen) atoms. The van der Waals surface area contributed by atoms with E-state index in [1.165, 1.54) is 28.1 Å². The number of nitrogens with one attached hydrogen (secondary N) is 1. The standard InChI is InChI=1S/C15H22N4O2S/c1-15(2,3)12-10(5-4-8-21-12)9-17-13-18-19-11(20)6-7-16-14(19)22-13/h6-7,10,12H,4-5,8-9H2,1-3H3,(H,17,18). The van der Waals surface area contributed by atoms with E-state index in [2.05, 4.69) is 36.2 Å². The lowest BCUT2D eigenvalue weighted by Crippen LogP contribution is -2.42. The Kier molecular flexibility index (Phi) is 4.18. The van der Waals surface area contributed by atoms with Crippen LogP contribution < -0.4 is 10.9 Å². The minimum atomic E-state index is -0.150. The fourth-order valence-electron chi connectivity index (χ4n) is 3.04. The molecule has 0 amide bonds. The molecule has 1 aliphatic rings. The summed E-state index contributed by atoms with van der Waals surface area (Å²) in [6.07, 6.45) is 4.01. The maximum absolute atomic E-state index is 11.7. The lowest BCUT2D eigenvalue weighted by Gasteiger charge is -2.40. The van der Waals surface area contributed by atoms with Crippen LogP contribution in [0.25, 0.3) is 4.96 Å². The first kappa shape index (κ1) is 15.4. The first-order valence-corrected chi connectivity index (χ1v) is 8.47. The molecular weight excluding hydrogens is 300 g/mol. The quantitative estimate of drug-likeness (QED) is 0.940. The molecule has 2 atom stereocenters. The van der Waals surface area contributed by atoms with Gasteiger partial charge in [-0.05, 0) is 18.3 Å². The highest BCUT2D eigenvalue weighted by atomic mass is 32.1. The minimum absolute atomic E-state index is 0.124. The van der Waals surface area contributed by atoms with Crippen LogP contribution in [-0.4, -0.2) is 33.9 Å². The van der Waals surface area contributed by atoms with Gasteiger partial charge >= 0.3 is 0 Å². The summed E-state index contributed by atoms with van der Waals surface area (Å²) in [6.45, 7) is 8.31. The van der Waals surface area contributed by atoms with Crippen molar-refractivity contribution in [1.82, 2.24) is 14.6 Å². The van der Waals surface area contributed by atoms with Crippen molar-refractivity contribution in [2.45, 2.75) is 39.7 Å². The van der Waals surface area contributed by atoms with Gasteiger partial charge in [-0.1, -0.05) is 32.1 Å². The van der Waals surface area contributed by atoms with Crippen LogP contribution in [-0.2, 0) is 4.74 Å². The van der Waals surface area contributed by atoms with Gasteiger partial charge in [0.1, 0.15) is 0 Å². The van der Waals surface area contributed by atoms with E-state index in [1.54, 1.807) is 0 Å². The molecule has 1 N–H and O–H groups in total. The van der Waals surface area contributed by atoms with Crippen LogP contribution in [0.2, 0.25) is 0 Å². The van der Waals surface area contributed by atoms with Crippen LogP contribution in [0.1, 0.15) is 33.6 Å². The summed E-state index contributed by atoms with van der Waals surface area (Å²) in [7, 11) is 0. The van der Waals surface area contributed by atoms with Crippen LogP contribution >= 0.6 is 11.3 Å². The van der Waals surface area contributed by atoms with Crippen LogP contribution in [0, 0.1) is 11.3 Å². The average Bonchev–Trinajstić information content (AvgIpc) is 2.89. The molecule has 3 heterocycles. The SMILES string of the molecule is CC(C)(C)C1OCCCC1CNc1nn2c(=O)ccnc2s1. The lowest BCUT2D eigenvalue weighted by atomic mass is 9.78. The van der Waals surface area contributed by atoms with Crippen molar-refractivity contribution in [3.63, 3.8) is 0 Å². The van der Waals surface area contributed by atoms with Crippen molar-refractivity contribution in [3.8, 4) is 0 Å². The second kappa shape index (κ2) is 5.96. The second-order valence-electron chi connectivity index (χ2n) is 6.83. The molecule has 0 bridgehead atoms. The fourth-order valence-corrected chi connectivity index (χ4v) is 3.82. The number of rotatable bonds is 3. The highest BCUT2D eigenvalue weighted by Gasteiger charge is 2.35. The Morgan fingerprint density at radius 1 is 1.50 bits per heavy atom. The van der Waals surface area contributed by atoms with Gasteiger partial charge in [-0.15, -0.1) is 5.10 Å². The van der Waals surface area contributed by atoms with E-state index in [-0.39, 0.29) is 17.1 Å². The molecule has 0 aliphatic carbocycles. The van der Waals surface area contributed by atoms with E-state index >= 15 is 0 Å². The zero-order chi connectivity index (χ0) is 15.7. The summed E-state index contributed by atoms with van der Waals surface area (Å²) in [5.41, 5.74) is -0.0263. The van der Waals surface area contributed by atoms with Gasteiger partial charge in [0.15, 0.2) is 0 Å². The number of ether oxygens (including phenoxy) is 1. The van der Waals surface area contributed by atoms with Crippen molar-refractivity contribution in [2.75, 3.05) is 18.5 Å². The maximum atomic E-state index is 11.7. The summed E-state index contributed by atoms with van der Waals surface area (Å²) < 4.78 is 7.34. The van der Waals surface area contributed by atoms with Gasteiger partial charge in [-0.3, -0.25) is 4.79 Å². The normalized spacial score (nSPS) is 22.9. The van der Waals surface area contributed by atoms with Crippen LogP contribution in [0.5, 0.6) is 0 Å². The van der Waals surface area contributed by atoms with Crippen LogP contribution in [0.4, 0.5) is 5.13 Å². The largest absolute Gasteiger partial charge is 0.377 e. The van der Waals surface area contributed by atoms with Gasteiger partial charge in [0.2, 0.25) is 10.1 Å². The molecule has 2 aromatic heterocycles. The molecule has 0 aromatic carbocycles. The molecule has 2 aromatic rings. The molecule has 1 fully saturated rings. The fraction of sp³-hybridized carbons (Fsp3) is 0.667. The summed E-state index contributed by atoms with van der Waals surface area (Å²) in [5.74, 6) is 0.449. The molecule has 2 unspecified atom stereocenters. The van der Waals surface area contributed by atoms with Crippen molar-refractivity contribution in [1.29, 1.82) is 0 Å². The Labute approximate surface area is 133 Å². The zero-order valence-corrected chi connectivity index (χ0v) is 14.0. The molecule has 6 nitrogen and oxygen atoms in total. The Bertz CT molecular complexity index is 703. The molecule has 120 valence electrons. The van der Waals surface area contributed by atoms with E-state index in [1.807, 2.05) is 0 Å². The summed E-state index contributed by atoms with van der Waals surface area (Å²) in [4.78, 5) is 16.5.